The van der Waals surface area contributed by atoms with Crippen LogP contribution in [0, 0.1) is 0 Å². The molecule has 63 heavy (non-hydrogen) atoms. The standard InChI is InChI=1S/C59H42N4/c1-59(2)49-24-14-15-25-52(49)62(46-21-10-5-11-22-46)53-34-32-44(36-50(53)59)45-30-33-48-55(37-45)63(54-35-31-41-18-12-13-23-47(41)57(48)54)56-38-51(60-58(61-56)43-19-8-4-9-20-43)42-28-26-40(27-29-42)39-16-6-3-7-17-39/h3-38H,1-2H3. The van der Waals surface area contributed by atoms with Crippen molar-refractivity contribution in [1.29, 1.82) is 0 Å². The van der Waals surface area contributed by atoms with Crippen LogP contribution in [0.15, 0.2) is 218 Å². The molecule has 2 aromatic heterocycles. The minimum absolute atomic E-state index is 0.227. The quantitative estimate of drug-likeness (QED) is 0.168. The average Bonchev–Trinajstić information content (AvgIpc) is 3.69. The van der Waals surface area contributed by atoms with E-state index in [1.54, 1.807) is 0 Å². The summed E-state index contributed by atoms with van der Waals surface area (Å²) in [6, 6.07) is 78.5. The SMILES string of the molecule is CC1(C)c2ccccc2N(c2ccccc2)c2ccc(-c3ccc4c5c6ccccc6ccc5n(-c5cc(-c6ccc(-c7ccccc7)cc6)nc(-c6ccccc6)n5)c4c3)cc21. The number of aromatic nitrogens is 3. The molecule has 0 N–H and O–H groups in total. The lowest BCUT2D eigenvalue weighted by atomic mass is 9.73. The number of anilines is 3. The van der Waals surface area contributed by atoms with Crippen LogP contribution in [0.25, 0.3) is 83.3 Å². The van der Waals surface area contributed by atoms with E-state index in [-0.39, 0.29) is 5.41 Å². The van der Waals surface area contributed by atoms with E-state index < -0.39 is 0 Å². The van der Waals surface area contributed by atoms with Gasteiger partial charge < -0.3 is 4.90 Å². The van der Waals surface area contributed by atoms with E-state index in [0.29, 0.717) is 5.82 Å². The summed E-state index contributed by atoms with van der Waals surface area (Å²) in [5.74, 6) is 1.50. The molecule has 0 atom stereocenters. The fourth-order valence-electron chi connectivity index (χ4n) is 9.83. The molecule has 298 valence electrons. The van der Waals surface area contributed by atoms with Crippen molar-refractivity contribution in [1.82, 2.24) is 14.5 Å². The molecule has 0 spiro atoms. The van der Waals surface area contributed by atoms with Crippen molar-refractivity contribution in [3.8, 4) is 50.7 Å². The molecule has 11 aromatic rings. The van der Waals surface area contributed by atoms with Crippen LogP contribution < -0.4 is 4.90 Å². The first-order chi connectivity index (χ1) is 31.0. The maximum atomic E-state index is 5.40. The Morgan fingerprint density at radius 1 is 0.397 bits per heavy atom. The van der Waals surface area contributed by atoms with Gasteiger partial charge in [-0.15, -0.1) is 0 Å². The molecule has 0 fully saturated rings. The molecule has 0 amide bonds. The van der Waals surface area contributed by atoms with Crippen LogP contribution in [-0.2, 0) is 5.41 Å². The van der Waals surface area contributed by atoms with Crippen molar-refractivity contribution in [3.63, 3.8) is 0 Å². The molecular weight excluding hydrogens is 765 g/mol. The Labute approximate surface area is 367 Å². The second-order valence-electron chi connectivity index (χ2n) is 17.0. The molecule has 3 heterocycles. The molecular formula is C59H42N4. The fraction of sp³-hybridized carbons (Fsp3) is 0.0508. The first-order valence-electron chi connectivity index (χ1n) is 21.7. The summed E-state index contributed by atoms with van der Waals surface area (Å²) >= 11 is 0. The van der Waals surface area contributed by atoms with Gasteiger partial charge in [-0.05, 0) is 86.6 Å². The third-order valence-electron chi connectivity index (χ3n) is 13.0. The van der Waals surface area contributed by atoms with Gasteiger partial charge in [-0.1, -0.05) is 184 Å². The largest absolute Gasteiger partial charge is 0.310 e. The lowest BCUT2D eigenvalue weighted by Gasteiger charge is -2.42. The Kier molecular flexibility index (Phi) is 8.48. The van der Waals surface area contributed by atoms with Crippen LogP contribution in [0.5, 0.6) is 0 Å². The molecule has 1 aliphatic rings. The van der Waals surface area contributed by atoms with Gasteiger partial charge in [-0.3, -0.25) is 4.57 Å². The second-order valence-corrected chi connectivity index (χ2v) is 17.0. The second kappa shape index (κ2) is 14.5. The molecule has 0 saturated heterocycles. The van der Waals surface area contributed by atoms with E-state index in [0.717, 1.165) is 44.9 Å². The zero-order valence-electron chi connectivity index (χ0n) is 35.1. The van der Waals surface area contributed by atoms with Gasteiger partial charge in [-0.2, -0.15) is 0 Å². The molecule has 0 saturated carbocycles. The Hall–Kier alpha value is -8.08. The van der Waals surface area contributed by atoms with E-state index in [4.69, 9.17) is 9.97 Å². The Morgan fingerprint density at radius 3 is 1.79 bits per heavy atom. The molecule has 0 radical (unpaired) electrons. The molecule has 0 unspecified atom stereocenters. The summed E-state index contributed by atoms with van der Waals surface area (Å²) in [6.45, 7) is 4.71. The van der Waals surface area contributed by atoms with E-state index in [1.165, 1.54) is 60.7 Å². The van der Waals surface area contributed by atoms with Crippen LogP contribution >= 0.6 is 0 Å². The predicted octanol–water partition coefficient (Wildman–Crippen LogP) is 15.5. The van der Waals surface area contributed by atoms with Gasteiger partial charge in [0.2, 0.25) is 0 Å². The molecule has 4 nitrogen and oxygen atoms in total. The van der Waals surface area contributed by atoms with E-state index >= 15 is 0 Å². The molecule has 9 aromatic carbocycles. The highest BCUT2D eigenvalue weighted by Crippen LogP contribution is 2.52. The first kappa shape index (κ1) is 36.7. The van der Waals surface area contributed by atoms with Crippen molar-refractivity contribution < 1.29 is 0 Å². The molecule has 0 aliphatic carbocycles. The van der Waals surface area contributed by atoms with Crippen LogP contribution in [0.3, 0.4) is 0 Å². The summed E-state index contributed by atoms with van der Waals surface area (Å²) in [5.41, 5.74) is 15.7. The molecule has 12 rings (SSSR count). The summed E-state index contributed by atoms with van der Waals surface area (Å²) in [5, 5.41) is 4.82. The van der Waals surface area contributed by atoms with E-state index in [1.807, 2.05) is 6.07 Å². The monoisotopic (exact) mass is 806 g/mol. The van der Waals surface area contributed by atoms with Gasteiger partial charge >= 0.3 is 0 Å². The lowest BCUT2D eigenvalue weighted by molar-refractivity contribution is 0.632. The third-order valence-corrected chi connectivity index (χ3v) is 13.0. The number of fused-ring (bicyclic) bond motifs is 7. The zero-order valence-corrected chi connectivity index (χ0v) is 35.1. The van der Waals surface area contributed by atoms with Crippen molar-refractivity contribution in [2.75, 3.05) is 4.90 Å². The normalized spacial score (nSPS) is 13.0. The highest BCUT2D eigenvalue weighted by molar-refractivity contribution is 6.21. The highest BCUT2D eigenvalue weighted by Gasteiger charge is 2.37. The van der Waals surface area contributed by atoms with E-state index in [2.05, 4.69) is 236 Å². The molecule has 4 heteroatoms. The molecule has 1 aliphatic heterocycles. The maximum absolute atomic E-state index is 5.40. The van der Waals surface area contributed by atoms with Crippen LogP contribution in [-0.4, -0.2) is 14.5 Å². The van der Waals surface area contributed by atoms with Crippen molar-refractivity contribution in [2.45, 2.75) is 19.3 Å². The Morgan fingerprint density at radius 2 is 1.00 bits per heavy atom. The first-order valence-corrected chi connectivity index (χ1v) is 21.7. The smallest absolute Gasteiger partial charge is 0.162 e. The van der Waals surface area contributed by atoms with E-state index in [9.17, 15) is 0 Å². The van der Waals surface area contributed by atoms with Gasteiger partial charge in [0.15, 0.2) is 5.82 Å². The number of nitrogens with zero attached hydrogens (tertiary/aromatic N) is 4. The fourth-order valence-corrected chi connectivity index (χ4v) is 9.83. The number of rotatable bonds is 6. The minimum Gasteiger partial charge on any atom is -0.310 e. The summed E-state index contributed by atoms with van der Waals surface area (Å²) < 4.78 is 2.35. The van der Waals surface area contributed by atoms with Crippen molar-refractivity contribution in [3.05, 3.63) is 230 Å². The number of para-hydroxylation sites is 2. The number of hydrogen-bond acceptors (Lipinski definition) is 3. The van der Waals surface area contributed by atoms with Gasteiger partial charge in [0, 0.05) is 39.1 Å². The summed E-state index contributed by atoms with van der Waals surface area (Å²) in [4.78, 5) is 13.0. The van der Waals surface area contributed by atoms with Crippen molar-refractivity contribution in [2.24, 2.45) is 0 Å². The van der Waals surface area contributed by atoms with Gasteiger partial charge in [0.1, 0.15) is 5.82 Å². The third kappa shape index (κ3) is 6.06. The molecule has 0 bridgehead atoms. The van der Waals surface area contributed by atoms with Gasteiger partial charge in [0.25, 0.3) is 0 Å². The number of hydrogen-bond donors (Lipinski definition) is 0. The van der Waals surface area contributed by atoms with Crippen LogP contribution in [0.1, 0.15) is 25.0 Å². The van der Waals surface area contributed by atoms with Gasteiger partial charge in [0.05, 0.1) is 28.1 Å². The summed E-state index contributed by atoms with van der Waals surface area (Å²) in [7, 11) is 0. The lowest BCUT2D eigenvalue weighted by Crippen LogP contribution is -2.30. The Balaban J connectivity index is 1.07. The Bertz CT molecular complexity index is 3520. The average molecular weight is 807 g/mol. The predicted molar refractivity (Wildman–Crippen MR) is 262 cm³/mol. The van der Waals surface area contributed by atoms with Gasteiger partial charge in [-0.25, -0.2) is 9.97 Å². The van der Waals surface area contributed by atoms with Crippen LogP contribution in [0.4, 0.5) is 17.1 Å². The van der Waals surface area contributed by atoms with Crippen molar-refractivity contribution >= 4 is 49.6 Å². The summed E-state index contributed by atoms with van der Waals surface area (Å²) in [6.07, 6.45) is 0. The maximum Gasteiger partial charge on any atom is 0.162 e. The minimum atomic E-state index is -0.227. The topological polar surface area (TPSA) is 34.0 Å². The number of benzene rings is 9. The zero-order chi connectivity index (χ0) is 42.1. The highest BCUT2D eigenvalue weighted by atomic mass is 15.2. The van der Waals surface area contributed by atoms with Crippen LogP contribution in [0.2, 0.25) is 0 Å².